The molecule has 4 nitrogen and oxygen atoms in total. The van der Waals surface area contributed by atoms with Crippen molar-refractivity contribution >= 4 is 5.91 Å². The van der Waals surface area contributed by atoms with E-state index in [0.717, 1.165) is 5.56 Å². The molecule has 3 N–H and O–H groups in total. The Bertz CT molecular complexity index is 339. The first kappa shape index (κ1) is 13.7. The average Bonchev–Trinajstić information content (AvgIpc) is 2.30. The van der Waals surface area contributed by atoms with E-state index in [0.29, 0.717) is 13.2 Å². The third-order valence-corrected chi connectivity index (χ3v) is 2.28. The summed E-state index contributed by atoms with van der Waals surface area (Å²) in [6.07, 6.45) is 0. The lowest BCUT2D eigenvalue weighted by Gasteiger charge is -2.15. The Balaban J connectivity index is 2.20. The minimum atomic E-state index is -0.480. The van der Waals surface area contributed by atoms with Gasteiger partial charge in [-0.3, -0.25) is 4.79 Å². The number of benzene rings is 1. The van der Waals surface area contributed by atoms with E-state index in [1.54, 1.807) is 6.92 Å². The SMILES string of the molecule is CC(COCc1ccccc1)NC(=O)[C@@H](C)N. The van der Waals surface area contributed by atoms with Crippen molar-refractivity contribution in [3.05, 3.63) is 35.9 Å². The zero-order valence-electron chi connectivity index (χ0n) is 10.3. The summed E-state index contributed by atoms with van der Waals surface area (Å²) in [7, 11) is 0. The van der Waals surface area contributed by atoms with E-state index in [9.17, 15) is 4.79 Å². The van der Waals surface area contributed by atoms with Crippen LogP contribution in [-0.4, -0.2) is 24.6 Å². The van der Waals surface area contributed by atoms with Gasteiger partial charge >= 0.3 is 0 Å². The minimum absolute atomic E-state index is 0.0304. The molecule has 0 bridgehead atoms. The number of ether oxygens (including phenoxy) is 1. The average molecular weight is 236 g/mol. The molecule has 0 spiro atoms. The van der Waals surface area contributed by atoms with Gasteiger partial charge in [0.25, 0.3) is 0 Å². The highest BCUT2D eigenvalue weighted by Gasteiger charge is 2.10. The minimum Gasteiger partial charge on any atom is -0.375 e. The maximum absolute atomic E-state index is 11.3. The van der Waals surface area contributed by atoms with Crippen molar-refractivity contribution in [3.8, 4) is 0 Å². The number of rotatable bonds is 6. The molecule has 0 fully saturated rings. The lowest BCUT2D eigenvalue weighted by molar-refractivity contribution is -0.123. The van der Waals surface area contributed by atoms with Gasteiger partial charge in [-0.1, -0.05) is 30.3 Å². The predicted molar refractivity (Wildman–Crippen MR) is 67.4 cm³/mol. The highest BCUT2D eigenvalue weighted by molar-refractivity contribution is 5.81. The van der Waals surface area contributed by atoms with Crippen LogP contribution in [0.2, 0.25) is 0 Å². The van der Waals surface area contributed by atoms with Crippen molar-refractivity contribution in [2.45, 2.75) is 32.5 Å². The molecule has 4 heteroatoms. The predicted octanol–water partition coefficient (Wildman–Crippen LogP) is 1.06. The molecule has 0 aliphatic rings. The number of carbonyl (C=O) groups excluding carboxylic acids is 1. The lowest BCUT2D eigenvalue weighted by Crippen LogP contribution is -2.44. The van der Waals surface area contributed by atoms with E-state index in [-0.39, 0.29) is 11.9 Å². The molecular weight excluding hydrogens is 216 g/mol. The number of hydrogen-bond acceptors (Lipinski definition) is 3. The Kier molecular flexibility index (Phi) is 5.66. The zero-order chi connectivity index (χ0) is 12.7. The summed E-state index contributed by atoms with van der Waals surface area (Å²) < 4.78 is 5.51. The second kappa shape index (κ2) is 7.04. The molecule has 0 saturated carbocycles. The van der Waals surface area contributed by atoms with Crippen molar-refractivity contribution in [2.24, 2.45) is 5.73 Å². The Morgan fingerprint density at radius 1 is 1.35 bits per heavy atom. The van der Waals surface area contributed by atoms with Gasteiger partial charge in [0.1, 0.15) is 0 Å². The van der Waals surface area contributed by atoms with Crippen LogP contribution in [0.4, 0.5) is 0 Å². The van der Waals surface area contributed by atoms with Crippen molar-refractivity contribution in [1.29, 1.82) is 0 Å². The van der Waals surface area contributed by atoms with Crippen LogP contribution in [0.25, 0.3) is 0 Å². The van der Waals surface area contributed by atoms with Crippen LogP contribution in [0.5, 0.6) is 0 Å². The van der Waals surface area contributed by atoms with Gasteiger partial charge in [0.2, 0.25) is 5.91 Å². The van der Waals surface area contributed by atoms with Gasteiger partial charge in [-0.25, -0.2) is 0 Å². The Labute approximate surface area is 102 Å². The summed E-state index contributed by atoms with van der Waals surface area (Å²) in [6, 6.07) is 9.41. The molecule has 0 radical (unpaired) electrons. The van der Waals surface area contributed by atoms with Gasteiger partial charge in [0.05, 0.1) is 19.3 Å². The summed E-state index contributed by atoms with van der Waals surface area (Å²) in [5, 5.41) is 2.78. The highest BCUT2D eigenvalue weighted by Crippen LogP contribution is 2.00. The number of nitrogens with two attached hydrogens (primary N) is 1. The van der Waals surface area contributed by atoms with Crippen molar-refractivity contribution in [2.75, 3.05) is 6.61 Å². The fourth-order valence-corrected chi connectivity index (χ4v) is 1.34. The maximum Gasteiger partial charge on any atom is 0.236 e. The third-order valence-electron chi connectivity index (χ3n) is 2.28. The van der Waals surface area contributed by atoms with Crippen LogP contribution in [-0.2, 0) is 16.1 Å². The largest absolute Gasteiger partial charge is 0.375 e. The van der Waals surface area contributed by atoms with Crippen molar-refractivity contribution in [1.82, 2.24) is 5.32 Å². The molecule has 0 aliphatic heterocycles. The molecule has 94 valence electrons. The molecule has 1 rings (SSSR count). The van der Waals surface area contributed by atoms with E-state index in [2.05, 4.69) is 5.32 Å². The number of hydrogen-bond donors (Lipinski definition) is 2. The van der Waals surface area contributed by atoms with Crippen LogP contribution in [0, 0.1) is 0 Å². The van der Waals surface area contributed by atoms with E-state index in [4.69, 9.17) is 10.5 Å². The third kappa shape index (κ3) is 5.47. The number of carbonyl (C=O) groups is 1. The topological polar surface area (TPSA) is 64.3 Å². The second-order valence-electron chi connectivity index (χ2n) is 4.20. The smallest absolute Gasteiger partial charge is 0.236 e. The molecule has 1 amide bonds. The van der Waals surface area contributed by atoms with Gasteiger partial charge < -0.3 is 15.8 Å². The first-order valence-electron chi connectivity index (χ1n) is 5.77. The second-order valence-corrected chi connectivity index (χ2v) is 4.20. The standard InChI is InChI=1S/C13H20N2O2/c1-10(15-13(16)11(2)14)8-17-9-12-6-4-3-5-7-12/h3-7,10-11H,8-9,14H2,1-2H3,(H,15,16)/t10?,11-/m1/s1. The van der Waals surface area contributed by atoms with Gasteiger partial charge in [0.15, 0.2) is 0 Å². The maximum atomic E-state index is 11.3. The Morgan fingerprint density at radius 2 is 2.00 bits per heavy atom. The fourth-order valence-electron chi connectivity index (χ4n) is 1.34. The zero-order valence-corrected chi connectivity index (χ0v) is 10.3. The summed E-state index contributed by atoms with van der Waals surface area (Å²) in [4.78, 5) is 11.3. The molecule has 2 atom stereocenters. The molecule has 0 aromatic heterocycles. The van der Waals surface area contributed by atoms with Crippen LogP contribution in [0.1, 0.15) is 19.4 Å². The van der Waals surface area contributed by atoms with E-state index >= 15 is 0 Å². The van der Waals surface area contributed by atoms with Gasteiger partial charge in [0, 0.05) is 6.04 Å². The molecule has 0 heterocycles. The number of nitrogens with one attached hydrogen (secondary N) is 1. The molecule has 0 aliphatic carbocycles. The van der Waals surface area contributed by atoms with Gasteiger partial charge in [-0.15, -0.1) is 0 Å². The van der Waals surface area contributed by atoms with Crippen LogP contribution < -0.4 is 11.1 Å². The summed E-state index contributed by atoms with van der Waals surface area (Å²) in [6.45, 7) is 4.59. The summed E-state index contributed by atoms with van der Waals surface area (Å²) >= 11 is 0. The van der Waals surface area contributed by atoms with Gasteiger partial charge in [-0.05, 0) is 19.4 Å². The van der Waals surface area contributed by atoms with Crippen LogP contribution in [0.15, 0.2) is 30.3 Å². The normalized spacial score (nSPS) is 14.1. The van der Waals surface area contributed by atoms with Crippen molar-refractivity contribution in [3.63, 3.8) is 0 Å². The van der Waals surface area contributed by atoms with Gasteiger partial charge in [-0.2, -0.15) is 0 Å². The molecule has 0 saturated heterocycles. The molecular formula is C13H20N2O2. The summed E-state index contributed by atoms with van der Waals surface area (Å²) in [5.41, 5.74) is 6.57. The van der Waals surface area contributed by atoms with E-state index in [1.165, 1.54) is 0 Å². The van der Waals surface area contributed by atoms with Crippen molar-refractivity contribution < 1.29 is 9.53 Å². The monoisotopic (exact) mass is 236 g/mol. The lowest BCUT2D eigenvalue weighted by atomic mass is 10.2. The first-order chi connectivity index (χ1) is 8.09. The van der Waals surface area contributed by atoms with Crippen LogP contribution >= 0.6 is 0 Å². The number of amides is 1. The molecule has 1 aromatic rings. The van der Waals surface area contributed by atoms with E-state index in [1.807, 2.05) is 37.3 Å². The Hall–Kier alpha value is -1.39. The summed E-state index contributed by atoms with van der Waals surface area (Å²) in [5.74, 6) is -0.152. The van der Waals surface area contributed by atoms with E-state index < -0.39 is 6.04 Å². The molecule has 1 unspecified atom stereocenters. The fraction of sp³-hybridized carbons (Fsp3) is 0.462. The molecule has 1 aromatic carbocycles. The molecule has 17 heavy (non-hydrogen) atoms. The highest BCUT2D eigenvalue weighted by atomic mass is 16.5. The van der Waals surface area contributed by atoms with Crippen LogP contribution in [0.3, 0.4) is 0 Å². The quantitative estimate of drug-likeness (QED) is 0.776. The first-order valence-corrected chi connectivity index (χ1v) is 5.77. The Morgan fingerprint density at radius 3 is 2.59 bits per heavy atom.